The zero-order valence-electron chi connectivity index (χ0n) is 86.3. The number of unbranched alkanes of at least 4 members (excludes halogenated alkanes) is 12. The van der Waals surface area contributed by atoms with E-state index in [0.29, 0.717) is 36.3 Å². The van der Waals surface area contributed by atoms with Crippen molar-refractivity contribution in [2.45, 2.75) is 351 Å². The number of H-pyrrole nitrogens is 3. The molecule has 142 heavy (non-hydrogen) atoms. The number of primary amides is 1. The molecule has 0 aliphatic rings. The fourth-order valence-corrected chi connectivity index (χ4v) is 16.8. The first-order chi connectivity index (χ1) is 67.4. The lowest BCUT2D eigenvalue weighted by Crippen LogP contribution is -2.50. The third-order valence-corrected chi connectivity index (χ3v) is 25.4. The van der Waals surface area contributed by atoms with Gasteiger partial charge in [-0.1, -0.05) is 179 Å². The smallest absolute Gasteiger partial charge is 0.224 e. The number of benzene rings is 1. The molecule has 40 nitrogen and oxygen atoms in total. The molecule has 0 saturated carbocycles. The molecule has 0 aliphatic heterocycles. The number of nitrogens with zero attached hydrogens (tertiary/aromatic N) is 6. The summed E-state index contributed by atoms with van der Waals surface area (Å²) < 4.78 is 0. The summed E-state index contributed by atoms with van der Waals surface area (Å²) in [6, 6.07) is -0.960. The third-order valence-electron chi connectivity index (χ3n) is 25.4. The Hall–Kier alpha value is -12.1. The number of aromatic hydroxyl groups is 1. The number of carbonyl (C=O) groups is 15. The SMILES string of the molecule is CCCCCCCCCCCCCCCC(=O)N[C@H](Cc1cnc[nH]1)C(=O)C[C@@H](C)C(=O)N[C@H](C(=O)C[C@@H](Cc1cnc[nH]1)C(=O)N[C@@H](C)C(=O)CC)C(C)C.CC[C@H](C)[C@H](CC(=O)[C@H](CO)NC(=O)[C@@H](CC(=O)[C@H](CC(C)C)NC(=O)[C@H](CCCN=C(N)N)CC(=O)[C@H](CCCN=C(N)N)NC(=O)[C@@H](CC(=O)[C@H](CCCN=C(N)N)NC(=O)[C@@H](C)Cc1ccc(O)cc1)Cc1cnc[nH]1)CC(C)C)C(N)=O. The second kappa shape index (κ2) is 68.9. The Morgan fingerprint density at radius 3 is 1.23 bits per heavy atom. The van der Waals surface area contributed by atoms with Crippen molar-refractivity contribution in [1.82, 2.24) is 67.1 Å². The van der Waals surface area contributed by atoms with Crippen LogP contribution < -0.4 is 77.4 Å². The summed E-state index contributed by atoms with van der Waals surface area (Å²) in [5.74, 6) is -14.8. The second-order valence-electron chi connectivity index (χ2n) is 39.1. The van der Waals surface area contributed by atoms with Gasteiger partial charge in [0.15, 0.2) is 58.4 Å². The minimum atomic E-state index is -1.38. The van der Waals surface area contributed by atoms with E-state index in [2.05, 4.69) is 89.0 Å². The van der Waals surface area contributed by atoms with Crippen LogP contribution in [0.4, 0.5) is 0 Å². The Kier molecular flexibility index (Phi) is 60.2. The first-order valence-electron chi connectivity index (χ1n) is 51.0. The number of guanidine groups is 3. The monoisotopic (exact) mass is 1990 g/mol. The number of aromatic nitrogens is 6. The third kappa shape index (κ3) is 51.0. The highest BCUT2D eigenvalue weighted by atomic mass is 16.3. The Balaban J connectivity index is 0.000000798. The van der Waals surface area contributed by atoms with Gasteiger partial charge in [0, 0.05) is 156 Å². The molecular formula is C102H169N23O17. The highest BCUT2D eigenvalue weighted by Crippen LogP contribution is 2.27. The van der Waals surface area contributed by atoms with Crippen LogP contribution in [0.15, 0.2) is 76.8 Å². The van der Waals surface area contributed by atoms with Crippen LogP contribution in [-0.4, -0.2) is 214 Å². The van der Waals surface area contributed by atoms with Crippen molar-refractivity contribution in [1.29, 1.82) is 0 Å². The quantitative estimate of drug-likeness (QED) is 0.0118. The van der Waals surface area contributed by atoms with E-state index in [1.54, 1.807) is 73.0 Å². The highest BCUT2D eigenvalue weighted by Gasteiger charge is 2.39. The van der Waals surface area contributed by atoms with E-state index < -0.39 is 168 Å². The standard InChI is InChI=1S/C59H98N16O11.C43H71N7O6/c1-8-35(6)43(52(60)82)29-51(81)47(31-76)75-55(85)39(22-33(2)3)27-50(80)46(23-34(4)5)74-54(84)38(12-9-19-68-57(61)62)26-48(78)45(14-11-21-70-59(65)66)73-56(86)40(25-41-30-67-32-71-41)28-49(79)44(13-10-20-69-58(63)64)72-53(83)36(7)24-37-15-17-42(77)18-16-37;1-7-9-10-11-12-13-14-15-16-17-18-19-20-21-40(54)49-36(25-35-27-45-29-47-35)38(52)22-31(5)42(55)50-41(30(3)4)39(53)24-33(23-34-26-44-28-46-34)43(56)48-32(6)37(51)8-2/h15-18,30,32-36,38-40,43-47,76-77H,8-14,19-29,31H2,1-7H3,(H2,60,82)(H,67,71)(H,72,83)(H,73,86)(H,74,84)(H,75,85)(H4,61,62,68)(H4,63,64,69)(H4,65,66,70);26-33,36,41H,7-25H2,1-6H3,(H,44,46)(H,45,47)(H,48,56)(H,49,54)(H,50,55)/t35-,36-,38+,39+,40+,43-,44-,45-,46-,47-;31-,32+,33-,36-,41+/m01/s1. The summed E-state index contributed by atoms with van der Waals surface area (Å²) in [6.07, 6.45) is 25.9. The fraction of sp³-hybridized carbons (Fsp3) is 0.676. The average molecular weight is 1990 g/mol. The van der Waals surface area contributed by atoms with E-state index in [1.807, 2.05) is 34.6 Å². The van der Waals surface area contributed by atoms with Gasteiger partial charge < -0.3 is 103 Å². The van der Waals surface area contributed by atoms with Crippen molar-refractivity contribution in [2.24, 2.45) is 120 Å². The molecule has 0 spiro atoms. The van der Waals surface area contributed by atoms with E-state index in [0.717, 1.165) is 24.8 Å². The van der Waals surface area contributed by atoms with Crippen LogP contribution in [0.5, 0.6) is 5.75 Å². The number of ketones is 7. The van der Waals surface area contributed by atoms with Gasteiger partial charge in [-0.3, -0.25) is 86.9 Å². The number of aliphatic hydroxyl groups excluding tert-OH is 1. The summed E-state index contributed by atoms with van der Waals surface area (Å²) in [4.78, 5) is 239. The number of aromatic amines is 3. The number of aliphatic hydroxyl groups is 1. The second-order valence-corrected chi connectivity index (χ2v) is 39.1. The van der Waals surface area contributed by atoms with Crippen molar-refractivity contribution in [3.63, 3.8) is 0 Å². The van der Waals surface area contributed by atoms with Gasteiger partial charge >= 0.3 is 0 Å². The molecule has 4 aromatic rings. The molecule has 15 atom stereocenters. The minimum absolute atomic E-state index is 0.0170. The molecule has 0 saturated heterocycles. The van der Waals surface area contributed by atoms with Crippen LogP contribution in [0.3, 0.4) is 0 Å². The van der Waals surface area contributed by atoms with Gasteiger partial charge in [-0.15, -0.1) is 0 Å². The van der Waals surface area contributed by atoms with Crippen molar-refractivity contribution in [3.05, 3.63) is 84.5 Å². The molecule has 3 heterocycles. The van der Waals surface area contributed by atoms with Crippen molar-refractivity contribution in [3.8, 4) is 5.75 Å². The van der Waals surface area contributed by atoms with Gasteiger partial charge in [0.25, 0.3) is 0 Å². The molecule has 0 bridgehead atoms. The molecule has 4 rings (SSSR count). The van der Waals surface area contributed by atoms with E-state index >= 15 is 0 Å². The maximum Gasteiger partial charge on any atom is 0.224 e. The number of aliphatic imine (C=N–C) groups is 3. The van der Waals surface area contributed by atoms with Gasteiger partial charge in [0.1, 0.15) is 11.8 Å². The molecule has 0 unspecified atom stereocenters. The molecule has 8 amide bonds. The molecule has 40 heteroatoms. The number of Topliss-reactive ketones (excluding diaryl/α,β-unsaturated/α-hetero) is 7. The van der Waals surface area contributed by atoms with E-state index in [9.17, 15) is 82.1 Å². The van der Waals surface area contributed by atoms with E-state index in [4.69, 9.17) is 40.1 Å². The predicted molar refractivity (Wildman–Crippen MR) is 546 cm³/mol. The van der Waals surface area contributed by atoms with Crippen LogP contribution >= 0.6 is 0 Å². The molecule has 794 valence electrons. The number of nitrogens with one attached hydrogen (secondary N) is 10. The summed E-state index contributed by atoms with van der Waals surface area (Å²) in [5.41, 5.74) is 41.8. The normalized spacial score (nSPS) is 14.5. The summed E-state index contributed by atoms with van der Waals surface area (Å²) in [5, 5.41) is 39.7. The molecule has 1 aromatic carbocycles. The highest BCUT2D eigenvalue weighted by molar-refractivity contribution is 6.00. The number of nitrogens with two attached hydrogens (primary N) is 7. The molecule has 0 fully saturated rings. The fourth-order valence-electron chi connectivity index (χ4n) is 16.8. The van der Waals surface area contributed by atoms with Gasteiger partial charge in [0.2, 0.25) is 47.3 Å². The Bertz CT molecular complexity index is 4570. The number of hydrogen-bond donors (Lipinski definition) is 19. The predicted octanol–water partition coefficient (Wildman–Crippen LogP) is 7.23. The van der Waals surface area contributed by atoms with Crippen LogP contribution in [0.25, 0.3) is 0 Å². The Morgan fingerprint density at radius 1 is 0.380 bits per heavy atom. The summed E-state index contributed by atoms with van der Waals surface area (Å²) >= 11 is 0. The van der Waals surface area contributed by atoms with Crippen LogP contribution in [0.2, 0.25) is 0 Å². The largest absolute Gasteiger partial charge is 0.508 e. The van der Waals surface area contributed by atoms with Gasteiger partial charge in [-0.25, -0.2) is 15.0 Å². The maximum atomic E-state index is 14.8. The van der Waals surface area contributed by atoms with E-state index in [1.165, 1.54) is 102 Å². The van der Waals surface area contributed by atoms with Crippen molar-refractivity contribution < 1.29 is 82.1 Å². The number of hydrogen-bond acceptors (Lipinski definition) is 23. The average Bonchev–Trinajstić information content (AvgIpc) is 1.84. The lowest BCUT2D eigenvalue weighted by molar-refractivity contribution is -0.136. The zero-order valence-corrected chi connectivity index (χ0v) is 86.3. The Morgan fingerprint density at radius 2 is 0.782 bits per heavy atom. The molecule has 26 N–H and O–H groups in total. The number of phenolic OH excluding ortho intramolecular Hbond substituents is 1. The lowest BCUT2D eigenvalue weighted by atomic mass is 9.85. The van der Waals surface area contributed by atoms with E-state index in [-0.39, 0.29) is 193 Å². The number of carbonyl (C=O) groups excluding carboxylic acids is 15. The van der Waals surface area contributed by atoms with Crippen molar-refractivity contribution >= 4 is 106 Å². The Labute approximate surface area is 838 Å². The van der Waals surface area contributed by atoms with Crippen molar-refractivity contribution in [2.75, 3.05) is 26.2 Å². The molecule has 3 aromatic heterocycles. The molecular weight excluding hydrogens is 1820 g/mol. The van der Waals surface area contributed by atoms with Gasteiger partial charge in [-0.05, 0) is 112 Å². The topological polar surface area (TPSA) is 686 Å². The van der Waals surface area contributed by atoms with Crippen LogP contribution in [-0.2, 0) is 97.6 Å². The maximum absolute atomic E-state index is 14.8. The lowest BCUT2D eigenvalue weighted by Gasteiger charge is -2.27. The number of rotatable bonds is 76. The molecule has 0 aliphatic carbocycles. The number of imidazole rings is 3. The van der Waals surface area contributed by atoms with Gasteiger partial charge in [-0.2, -0.15) is 0 Å². The summed E-state index contributed by atoms with van der Waals surface area (Å²) in [7, 11) is 0. The minimum Gasteiger partial charge on any atom is -0.508 e. The van der Waals surface area contributed by atoms with Crippen LogP contribution in [0, 0.1) is 65.1 Å². The van der Waals surface area contributed by atoms with Gasteiger partial charge in [0.05, 0.1) is 73.7 Å². The molecule has 0 radical (unpaired) electrons. The van der Waals surface area contributed by atoms with Crippen LogP contribution in [0.1, 0.15) is 305 Å². The number of amides is 8. The number of phenols is 1. The zero-order chi connectivity index (χ0) is 106. The first kappa shape index (κ1) is 124. The first-order valence-corrected chi connectivity index (χ1v) is 51.0. The summed E-state index contributed by atoms with van der Waals surface area (Å²) in [6.45, 7) is 23.0.